The van der Waals surface area contributed by atoms with Crippen LogP contribution >= 0.6 is 11.6 Å². The molecule has 1 aliphatic carbocycles. The predicted molar refractivity (Wildman–Crippen MR) is 162 cm³/mol. The van der Waals surface area contributed by atoms with Crippen molar-refractivity contribution < 1.29 is 4.42 Å². The lowest BCUT2D eigenvalue weighted by molar-refractivity contribution is 0.669. The zero-order chi connectivity index (χ0) is 26.4. The highest BCUT2D eigenvalue weighted by Crippen LogP contribution is 2.49. The van der Waals surface area contributed by atoms with E-state index in [1.807, 2.05) is 18.2 Å². The van der Waals surface area contributed by atoms with Crippen molar-refractivity contribution in [3.05, 3.63) is 114 Å². The molecule has 1 aliphatic rings. The molecular weight excluding hydrogens is 514 g/mol. The SMILES string of the molecule is Clc1nc(-c2ccc3oc4cc5ccccc5cc4c3c2)nc(-c2ccc3c4c(cccc24)-c2ccccc2-3)n1. The van der Waals surface area contributed by atoms with Crippen LogP contribution in [0.5, 0.6) is 0 Å². The average molecular weight is 532 g/mol. The van der Waals surface area contributed by atoms with E-state index in [0.717, 1.165) is 43.8 Å². The lowest BCUT2D eigenvalue weighted by Gasteiger charge is -2.10. The third kappa shape index (κ3) is 3.05. The van der Waals surface area contributed by atoms with E-state index in [1.165, 1.54) is 33.0 Å². The molecule has 0 amide bonds. The number of rotatable bonds is 2. The molecule has 0 radical (unpaired) electrons. The second-order valence-electron chi connectivity index (χ2n) is 10.2. The fraction of sp³-hybridized carbons (Fsp3) is 0. The van der Waals surface area contributed by atoms with Crippen LogP contribution in [0, 0.1) is 0 Å². The standard InChI is InChI=1S/C35H18ClN3O/c36-35-38-33(21-12-15-30-28(17-21)29-16-19-6-1-2-7-20(19)18-31(29)40-30)37-34(39-35)27-14-13-26-23-9-4-3-8-22(23)24-10-5-11-25(27)32(24)26/h1-18H. The van der Waals surface area contributed by atoms with Gasteiger partial charge >= 0.3 is 0 Å². The highest BCUT2D eigenvalue weighted by Gasteiger charge is 2.23. The Balaban J connectivity index is 1.23. The summed E-state index contributed by atoms with van der Waals surface area (Å²) in [6, 6.07) is 37.8. The maximum absolute atomic E-state index is 6.53. The third-order valence-corrected chi connectivity index (χ3v) is 8.16. The first-order valence-corrected chi connectivity index (χ1v) is 13.5. The fourth-order valence-corrected chi connectivity index (χ4v) is 6.36. The maximum atomic E-state index is 6.53. The van der Waals surface area contributed by atoms with Crippen LogP contribution in [0.25, 0.3) is 88.5 Å². The first-order chi connectivity index (χ1) is 19.7. The Hall–Kier alpha value is -5.06. The van der Waals surface area contributed by atoms with Gasteiger partial charge in [0.25, 0.3) is 0 Å². The van der Waals surface area contributed by atoms with Crippen molar-refractivity contribution in [1.82, 2.24) is 15.0 Å². The van der Waals surface area contributed by atoms with Crippen LogP contribution in [-0.4, -0.2) is 15.0 Å². The number of hydrogen-bond acceptors (Lipinski definition) is 4. The van der Waals surface area contributed by atoms with Gasteiger partial charge in [0, 0.05) is 21.9 Å². The molecule has 8 aromatic rings. The summed E-state index contributed by atoms with van der Waals surface area (Å²) >= 11 is 6.53. The molecule has 0 aliphatic heterocycles. The van der Waals surface area contributed by atoms with Crippen LogP contribution in [0.2, 0.25) is 5.28 Å². The molecule has 2 aromatic heterocycles. The molecule has 0 fully saturated rings. The van der Waals surface area contributed by atoms with E-state index in [0.29, 0.717) is 11.6 Å². The molecule has 9 rings (SSSR count). The van der Waals surface area contributed by atoms with Crippen molar-refractivity contribution in [2.45, 2.75) is 0 Å². The van der Waals surface area contributed by atoms with Gasteiger partial charge in [-0.15, -0.1) is 0 Å². The van der Waals surface area contributed by atoms with Crippen LogP contribution < -0.4 is 0 Å². The lowest BCUT2D eigenvalue weighted by atomic mass is 9.98. The quantitative estimate of drug-likeness (QED) is 0.223. The molecular formula is C35H18ClN3O. The summed E-state index contributed by atoms with van der Waals surface area (Å²) in [6.07, 6.45) is 0. The lowest BCUT2D eigenvalue weighted by Crippen LogP contribution is -1.98. The Labute approximate surface area is 233 Å². The Morgan fingerprint density at radius 2 is 1.15 bits per heavy atom. The highest BCUT2D eigenvalue weighted by molar-refractivity contribution is 6.28. The van der Waals surface area contributed by atoms with Gasteiger partial charge in [0.05, 0.1) is 0 Å². The van der Waals surface area contributed by atoms with Gasteiger partial charge in [-0.25, -0.2) is 4.98 Å². The predicted octanol–water partition coefficient (Wildman–Crippen LogP) is 9.71. The minimum atomic E-state index is 0.162. The summed E-state index contributed by atoms with van der Waals surface area (Å²) in [6.45, 7) is 0. The number of aromatic nitrogens is 3. The van der Waals surface area contributed by atoms with Crippen LogP contribution in [-0.2, 0) is 0 Å². The third-order valence-electron chi connectivity index (χ3n) is 7.99. The summed E-state index contributed by atoms with van der Waals surface area (Å²) in [5.41, 5.74) is 8.43. The number of nitrogens with zero attached hydrogens (tertiary/aromatic N) is 3. The first kappa shape index (κ1) is 21.8. The number of fused-ring (bicyclic) bond motifs is 7. The first-order valence-electron chi connectivity index (χ1n) is 13.1. The molecule has 0 bridgehead atoms. The number of hydrogen-bond donors (Lipinski definition) is 0. The summed E-state index contributed by atoms with van der Waals surface area (Å²) in [5.74, 6) is 1.08. The molecule has 0 saturated heterocycles. The van der Waals surface area contributed by atoms with E-state index >= 15 is 0 Å². The largest absolute Gasteiger partial charge is 0.456 e. The van der Waals surface area contributed by atoms with E-state index in [2.05, 4.69) is 101 Å². The minimum absolute atomic E-state index is 0.162. The maximum Gasteiger partial charge on any atom is 0.226 e. The zero-order valence-electron chi connectivity index (χ0n) is 21.0. The van der Waals surface area contributed by atoms with Crippen molar-refractivity contribution >= 4 is 55.1 Å². The molecule has 0 saturated carbocycles. The molecule has 0 unspecified atom stereocenters. The Kier molecular flexibility index (Phi) is 4.35. The van der Waals surface area contributed by atoms with Crippen LogP contribution in [0.15, 0.2) is 114 Å². The van der Waals surface area contributed by atoms with Crippen LogP contribution in [0.4, 0.5) is 0 Å². The Morgan fingerprint density at radius 1 is 0.475 bits per heavy atom. The Morgan fingerprint density at radius 3 is 2.00 bits per heavy atom. The monoisotopic (exact) mass is 531 g/mol. The summed E-state index contributed by atoms with van der Waals surface area (Å²) in [4.78, 5) is 14.0. The van der Waals surface area contributed by atoms with Crippen molar-refractivity contribution in [1.29, 1.82) is 0 Å². The summed E-state index contributed by atoms with van der Waals surface area (Å²) in [5, 5.41) is 6.87. The van der Waals surface area contributed by atoms with Gasteiger partial charge in [-0.1, -0.05) is 72.8 Å². The van der Waals surface area contributed by atoms with Gasteiger partial charge < -0.3 is 4.42 Å². The summed E-state index contributed by atoms with van der Waals surface area (Å²) < 4.78 is 6.19. The molecule has 0 atom stereocenters. The van der Waals surface area contributed by atoms with Crippen molar-refractivity contribution in [3.63, 3.8) is 0 Å². The van der Waals surface area contributed by atoms with E-state index in [9.17, 15) is 0 Å². The number of halogens is 1. The van der Waals surface area contributed by atoms with E-state index in [-0.39, 0.29) is 5.28 Å². The van der Waals surface area contributed by atoms with E-state index < -0.39 is 0 Å². The van der Waals surface area contributed by atoms with Crippen LogP contribution in [0.1, 0.15) is 0 Å². The number of furan rings is 1. The van der Waals surface area contributed by atoms with Gasteiger partial charge in [0.2, 0.25) is 5.28 Å². The minimum Gasteiger partial charge on any atom is -0.456 e. The normalized spacial score (nSPS) is 12.1. The fourth-order valence-electron chi connectivity index (χ4n) is 6.20. The summed E-state index contributed by atoms with van der Waals surface area (Å²) in [7, 11) is 0. The van der Waals surface area contributed by atoms with Crippen molar-refractivity contribution in [2.24, 2.45) is 0 Å². The number of benzene rings is 6. The highest BCUT2D eigenvalue weighted by atomic mass is 35.5. The smallest absolute Gasteiger partial charge is 0.226 e. The van der Waals surface area contributed by atoms with Crippen LogP contribution in [0.3, 0.4) is 0 Å². The van der Waals surface area contributed by atoms with E-state index in [4.69, 9.17) is 21.0 Å². The van der Waals surface area contributed by atoms with Gasteiger partial charge in [-0.2, -0.15) is 9.97 Å². The molecule has 0 spiro atoms. The molecule has 2 heterocycles. The van der Waals surface area contributed by atoms with Gasteiger partial charge in [0.15, 0.2) is 11.6 Å². The molecule has 5 heteroatoms. The second kappa shape index (κ2) is 7.98. The average Bonchev–Trinajstić information content (AvgIpc) is 3.51. The van der Waals surface area contributed by atoms with Gasteiger partial charge in [0.1, 0.15) is 11.2 Å². The molecule has 186 valence electrons. The van der Waals surface area contributed by atoms with Gasteiger partial charge in [-0.05, 0) is 91.8 Å². The molecule has 6 aromatic carbocycles. The molecule has 40 heavy (non-hydrogen) atoms. The zero-order valence-corrected chi connectivity index (χ0v) is 21.8. The van der Waals surface area contributed by atoms with Crippen molar-refractivity contribution in [3.8, 4) is 45.0 Å². The van der Waals surface area contributed by atoms with Crippen molar-refractivity contribution in [2.75, 3.05) is 0 Å². The second-order valence-corrected chi connectivity index (χ2v) is 10.5. The van der Waals surface area contributed by atoms with Gasteiger partial charge in [-0.3, -0.25) is 0 Å². The van der Waals surface area contributed by atoms with E-state index in [1.54, 1.807) is 0 Å². The Bertz CT molecular complexity index is 2330. The molecule has 4 nitrogen and oxygen atoms in total. The topological polar surface area (TPSA) is 51.8 Å². The molecule has 0 N–H and O–H groups in total.